The first-order valence-electron chi connectivity index (χ1n) is 26.0. The predicted octanol–water partition coefficient (Wildman–Crippen LogP) is 7.75. The van der Waals surface area contributed by atoms with Crippen LogP contribution in [0.5, 0.6) is 0 Å². The molecule has 13 nitrogen and oxygen atoms in total. The summed E-state index contributed by atoms with van der Waals surface area (Å²) in [6, 6.07) is -0.145. The molecule has 2 N–H and O–H groups in total. The first kappa shape index (κ1) is 52.7. The molecule has 0 amide bonds. The number of esters is 2. The minimum Gasteiger partial charge on any atom is -0.481 e. The van der Waals surface area contributed by atoms with Crippen LogP contribution in [0.3, 0.4) is 0 Å². The van der Waals surface area contributed by atoms with Gasteiger partial charge < -0.3 is 34.1 Å². The molecule has 0 bridgehead atoms. The Morgan fingerprint density at radius 1 is 0.806 bits per heavy atom. The van der Waals surface area contributed by atoms with Gasteiger partial charge in [-0.3, -0.25) is 14.5 Å². The fraction of sp³-hybridized carbons (Fsp3) is 0.906. The molecule has 14 heteroatoms. The normalized spacial score (nSPS) is 40.4. The van der Waals surface area contributed by atoms with E-state index in [1.807, 2.05) is 20.8 Å². The molecule has 7 rings (SSSR count). The summed E-state index contributed by atoms with van der Waals surface area (Å²) in [5.41, 5.74) is 0.851. The van der Waals surface area contributed by atoms with Gasteiger partial charge in [-0.15, -0.1) is 0 Å². The van der Waals surface area contributed by atoms with E-state index in [4.69, 9.17) is 23.7 Å². The second-order valence-corrected chi connectivity index (χ2v) is 26.8. The average molecular weight is 961 g/mol. The lowest BCUT2D eigenvalue weighted by Gasteiger charge is -2.73. The topological polar surface area (TPSA) is 167 Å². The molecule has 7 aliphatic rings. The van der Waals surface area contributed by atoms with Gasteiger partial charge in [-0.2, -0.15) is 0 Å². The summed E-state index contributed by atoms with van der Waals surface area (Å²) < 4.78 is 53.5. The van der Waals surface area contributed by atoms with Gasteiger partial charge in [0.15, 0.2) is 9.84 Å². The molecule has 67 heavy (non-hydrogen) atoms. The molecular weight excluding hydrogens is 873 g/mol. The third-order valence-corrected chi connectivity index (χ3v) is 22.4. The van der Waals surface area contributed by atoms with Crippen molar-refractivity contribution in [1.29, 1.82) is 0 Å². The highest BCUT2D eigenvalue weighted by atomic mass is 32.2. The smallest absolute Gasteiger partial charge is 0.332 e. The lowest BCUT2D eigenvalue weighted by Crippen LogP contribution is -2.69. The van der Waals surface area contributed by atoms with E-state index >= 15 is 0 Å². The van der Waals surface area contributed by atoms with E-state index in [1.165, 1.54) is 18.4 Å². The van der Waals surface area contributed by atoms with E-state index in [1.54, 1.807) is 7.11 Å². The van der Waals surface area contributed by atoms with Gasteiger partial charge in [0.1, 0.15) is 18.8 Å². The minimum atomic E-state index is -3.10. The number of hydrogen-bond donors (Lipinski definition) is 2. The Kier molecular flexibility index (Phi) is 15.6. The summed E-state index contributed by atoms with van der Waals surface area (Å²) in [5.74, 6) is 0.249. The Balaban J connectivity index is 1.04. The van der Waals surface area contributed by atoms with Crippen molar-refractivity contribution in [3.05, 3.63) is 12.2 Å². The van der Waals surface area contributed by atoms with Gasteiger partial charge in [0.2, 0.25) is 0 Å². The fourth-order valence-corrected chi connectivity index (χ4v) is 17.9. The van der Waals surface area contributed by atoms with E-state index in [2.05, 4.69) is 58.3 Å². The summed E-state index contributed by atoms with van der Waals surface area (Å²) in [6.45, 7) is 28.2. The monoisotopic (exact) mass is 961 g/mol. The van der Waals surface area contributed by atoms with Gasteiger partial charge in [-0.25, -0.2) is 13.2 Å². The number of aliphatic carboxylic acids is 1. The molecule has 0 aromatic heterocycles. The SMILES string of the molecule is C=C(C)[C@@H]1CC[C@]2(NCC[C@@H]([C@H](C)OC(=O)COCCOCCOC)N3CCS(=O)(=O)CC3)CC[C@]3(C)[C@H](CC[C@@H]4[C@@]5(C)CC[C@H](OC(=O)[C@H]6C[C@@H](C(=O)O)C6(C)C)C(C)(C)[C@@H]5CC[C@]43C)[C@@H]12. The van der Waals surface area contributed by atoms with Crippen LogP contribution in [0.1, 0.15) is 139 Å². The largest absolute Gasteiger partial charge is 0.481 e. The lowest BCUT2D eigenvalue weighted by molar-refractivity contribution is -0.248. The number of sulfone groups is 1. The molecule has 7 fully saturated rings. The molecule has 0 aromatic rings. The van der Waals surface area contributed by atoms with Crippen molar-refractivity contribution in [2.45, 2.75) is 163 Å². The number of fused-ring (bicyclic) bond motifs is 7. The Hall–Kier alpha value is -2.10. The summed E-state index contributed by atoms with van der Waals surface area (Å²) in [7, 11) is -1.48. The van der Waals surface area contributed by atoms with Crippen molar-refractivity contribution in [1.82, 2.24) is 10.2 Å². The number of hydrogen-bond acceptors (Lipinski definition) is 12. The highest BCUT2D eigenvalue weighted by Crippen LogP contribution is 2.76. The lowest BCUT2D eigenvalue weighted by atomic mass is 9.32. The first-order chi connectivity index (χ1) is 31.4. The van der Waals surface area contributed by atoms with Crippen LogP contribution in [-0.4, -0.2) is 131 Å². The molecule has 382 valence electrons. The molecule has 0 radical (unpaired) electrons. The maximum Gasteiger partial charge on any atom is 0.332 e. The summed E-state index contributed by atoms with van der Waals surface area (Å²) in [4.78, 5) is 40.8. The molecular formula is C53H88N2O11S. The van der Waals surface area contributed by atoms with Crippen molar-refractivity contribution < 1.29 is 51.6 Å². The minimum absolute atomic E-state index is 0.0314. The molecule has 0 unspecified atom stereocenters. The molecule has 1 saturated heterocycles. The number of nitrogens with one attached hydrogen (secondary N) is 1. The van der Waals surface area contributed by atoms with Gasteiger partial charge in [0.25, 0.3) is 0 Å². The Morgan fingerprint density at radius 3 is 2.15 bits per heavy atom. The maximum atomic E-state index is 13.7. The van der Waals surface area contributed by atoms with Crippen molar-refractivity contribution in [2.75, 3.05) is 71.3 Å². The number of nitrogens with zero attached hydrogens (tertiary/aromatic N) is 1. The number of carbonyl (C=O) groups excluding carboxylic acids is 2. The molecule has 1 aliphatic heterocycles. The third-order valence-electron chi connectivity index (χ3n) is 20.8. The van der Waals surface area contributed by atoms with Gasteiger partial charge in [0, 0.05) is 37.2 Å². The quantitative estimate of drug-likeness (QED) is 0.0734. The van der Waals surface area contributed by atoms with Crippen molar-refractivity contribution >= 4 is 27.7 Å². The molecule has 0 spiro atoms. The average Bonchev–Trinajstić information content (AvgIpc) is 3.63. The predicted molar refractivity (Wildman–Crippen MR) is 258 cm³/mol. The van der Waals surface area contributed by atoms with Gasteiger partial charge in [0.05, 0.1) is 49.8 Å². The summed E-state index contributed by atoms with van der Waals surface area (Å²) >= 11 is 0. The van der Waals surface area contributed by atoms with E-state index in [9.17, 15) is 27.9 Å². The number of ether oxygens (including phenoxy) is 5. The number of carboxylic acid groups (broad SMARTS) is 1. The van der Waals surface area contributed by atoms with Gasteiger partial charge in [-0.05, 0) is 149 Å². The summed E-state index contributed by atoms with van der Waals surface area (Å²) in [6.07, 6.45) is 11.5. The Labute approximate surface area is 403 Å². The van der Waals surface area contributed by atoms with Crippen LogP contribution < -0.4 is 5.32 Å². The Morgan fingerprint density at radius 2 is 1.49 bits per heavy atom. The Bertz CT molecular complexity index is 1930. The zero-order valence-corrected chi connectivity index (χ0v) is 43.7. The van der Waals surface area contributed by atoms with Crippen LogP contribution in [0, 0.1) is 68.5 Å². The van der Waals surface area contributed by atoms with E-state index in [0.717, 1.165) is 64.3 Å². The van der Waals surface area contributed by atoms with Crippen LogP contribution in [0.2, 0.25) is 0 Å². The molecule has 0 aromatic carbocycles. The third kappa shape index (κ3) is 9.70. The number of carboxylic acids is 1. The highest BCUT2D eigenvalue weighted by Gasteiger charge is 2.71. The molecule has 6 saturated carbocycles. The fourth-order valence-electron chi connectivity index (χ4n) is 16.7. The standard InChI is InChI=1S/C53H88N2O11S/c1-34(2)36-14-20-53(54-23-17-40(55-24-30-67(60,61)31-25-55)35(3)65-44(56)33-64-29-28-63-27-26-62-11)22-21-51(9)37(45(36)53)12-13-42-50(8)18-16-43(49(6,7)41(50)15-19-52(42,51)10)66-47(59)39-32-38(46(57)58)48(39,4)5/h35-43,45,54H,1,12-33H2,2-11H3,(H,57,58)/t35-,36-,37+,38-,39+,40-,41-,42+,43-,45+,50-,51+,52+,53-/m0/s1. The number of allylic oxidation sites excluding steroid dienone is 1. The second-order valence-electron chi connectivity index (χ2n) is 24.5. The van der Waals surface area contributed by atoms with Crippen LogP contribution in [0.25, 0.3) is 0 Å². The van der Waals surface area contributed by atoms with Crippen LogP contribution in [-0.2, 0) is 47.9 Å². The number of methoxy groups -OCH3 is 1. The highest BCUT2D eigenvalue weighted by molar-refractivity contribution is 7.91. The van der Waals surface area contributed by atoms with E-state index in [0.29, 0.717) is 68.9 Å². The van der Waals surface area contributed by atoms with Crippen LogP contribution >= 0.6 is 0 Å². The van der Waals surface area contributed by atoms with Crippen LogP contribution in [0.15, 0.2) is 12.2 Å². The van der Waals surface area contributed by atoms with Gasteiger partial charge in [-0.1, -0.05) is 60.6 Å². The zero-order chi connectivity index (χ0) is 49.0. The van der Waals surface area contributed by atoms with E-state index in [-0.39, 0.29) is 76.0 Å². The second kappa shape index (κ2) is 19.8. The molecule has 14 atom stereocenters. The molecule has 6 aliphatic carbocycles. The van der Waals surface area contributed by atoms with Crippen molar-refractivity contribution in [2.24, 2.45) is 68.5 Å². The molecule has 1 heterocycles. The van der Waals surface area contributed by atoms with Crippen molar-refractivity contribution in [3.63, 3.8) is 0 Å². The zero-order valence-electron chi connectivity index (χ0n) is 42.9. The maximum absolute atomic E-state index is 13.7. The van der Waals surface area contributed by atoms with E-state index < -0.39 is 39.2 Å². The number of carbonyl (C=O) groups is 3. The summed E-state index contributed by atoms with van der Waals surface area (Å²) in [5, 5.41) is 14.0. The first-order valence-corrected chi connectivity index (χ1v) is 27.8. The number of rotatable bonds is 19. The van der Waals surface area contributed by atoms with Crippen LogP contribution in [0.4, 0.5) is 0 Å². The van der Waals surface area contributed by atoms with Gasteiger partial charge >= 0.3 is 17.9 Å². The van der Waals surface area contributed by atoms with Crippen molar-refractivity contribution in [3.8, 4) is 0 Å².